The van der Waals surface area contributed by atoms with E-state index in [9.17, 15) is 0 Å². The minimum Gasteiger partial charge on any atom is -0.508 e. The van der Waals surface area contributed by atoms with E-state index in [-0.39, 0.29) is 12.0 Å². The molecule has 0 amide bonds. The fourth-order valence-electron chi connectivity index (χ4n) is 0.880. The van der Waals surface area contributed by atoms with Crippen molar-refractivity contribution in [1.29, 1.82) is 0 Å². The molecule has 1 aromatic carbocycles. The highest BCUT2D eigenvalue weighted by atomic mass is 16.7. The van der Waals surface area contributed by atoms with Gasteiger partial charge >= 0.3 is 0 Å². The first-order valence-electron chi connectivity index (χ1n) is 3.94. The zero-order valence-electron chi connectivity index (χ0n) is 7.43. The second kappa shape index (κ2) is 4.40. The van der Waals surface area contributed by atoms with Crippen molar-refractivity contribution in [1.82, 2.24) is 0 Å². The summed E-state index contributed by atoms with van der Waals surface area (Å²) in [5.74, 6) is 0.858. The van der Waals surface area contributed by atoms with Crippen LogP contribution in [0.5, 0.6) is 11.5 Å². The molecule has 3 nitrogen and oxygen atoms in total. The lowest BCUT2D eigenvalue weighted by atomic mass is 10.3. The predicted octanol–water partition coefficient (Wildman–Crippen LogP) is 2.28. The SMILES string of the molecule is C=COC(C)Oc1ccc(O)cc1. The molecule has 1 atom stereocenters. The minimum absolute atomic E-state index is 0.213. The van der Waals surface area contributed by atoms with Gasteiger partial charge in [-0.15, -0.1) is 0 Å². The summed E-state index contributed by atoms with van der Waals surface area (Å²) in [5, 5.41) is 8.99. The van der Waals surface area contributed by atoms with Gasteiger partial charge in [0, 0.05) is 6.92 Å². The highest BCUT2D eigenvalue weighted by molar-refractivity contribution is 5.30. The maximum absolute atomic E-state index is 8.99. The summed E-state index contributed by atoms with van der Waals surface area (Å²) >= 11 is 0. The summed E-state index contributed by atoms with van der Waals surface area (Å²) in [6.07, 6.45) is 0.951. The molecular formula is C10H12O3. The van der Waals surface area contributed by atoms with Crippen molar-refractivity contribution in [3.63, 3.8) is 0 Å². The van der Waals surface area contributed by atoms with Crippen molar-refractivity contribution in [2.45, 2.75) is 13.2 Å². The molecule has 0 aliphatic rings. The van der Waals surface area contributed by atoms with Crippen molar-refractivity contribution in [2.75, 3.05) is 0 Å². The molecule has 0 heterocycles. The molecule has 0 fully saturated rings. The van der Waals surface area contributed by atoms with Gasteiger partial charge in [0.25, 0.3) is 0 Å². The maximum atomic E-state index is 8.99. The van der Waals surface area contributed by atoms with Crippen LogP contribution in [-0.2, 0) is 4.74 Å². The van der Waals surface area contributed by atoms with E-state index in [0.29, 0.717) is 5.75 Å². The van der Waals surface area contributed by atoms with Crippen LogP contribution in [0.15, 0.2) is 37.1 Å². The number of benzene rings is 1. The quantitative estimate of drug-likeness (QED) is 0.570. The van der Waals surface area contributed by atoms with Crippen LogP contribution in [0.2, 0.25) is 0 Å². The first-order valence-corrected chi connectivity index (χ1v) is 3.94. The number of ether oxygens (including phenoxy) is 2. The Morgan fingerprint density at radius 2 is 2.00 bits per heavy atom. The molecule has 0 bridgehead atoms. The largest absolute Gasteiger partial charge is 0.508 e. The smallest absolute Gasteiger partial charge is 0.237 e. The highest BCUT2D eigenvalue weighted by Crippen LogP contribution is 2.17. The first-order chi connectivity index (χ1) is 6.22. The number of hydrogen-bond acceptors (Lipinski definition) is 3. The molecule has 1 N–H and O–H groups in total. The van der Waals surface area contributed by atoms with Gasteiger partial charge in [-0.1, -0.05) is 6.58 Å². The van der Waals surface area contributed by atoms with Gasteiger partial charge < -0.3 is 14.6 Å². The van der Waals surface area contributed by atoms with Gasteiger partial charge in [0.1, 0.15) is 11.5 Å². The number of hydrogen-bond donors (Lipinski definition) is 1. The molecule has 0 aromatic heterocycles. The minimum atomic E-state index is -0.373. The van der Waals surface area contributed by atoms with E-state index >= 15 is 0 Å². The molecule has 1 unspecified atom stereocenters. The molecule has 0 aliphatic carbocycles. The molecule has 1 aromatic rings. The third-order valence-corrected chi connectivity index (χ3v) is 1.43. The molecule has 0 aliphatic heterocycles. The van der Waals surface area contributed by atoms with Gasteiger partial charge in [-0.05, 0) is 24.3 Å². The summed E-state index contributed by atoms with van der Waals surface area (Å²) in [6.45, 7) is 5.17. The van der Waals surface area contributed by atoms with Gasteiger partial charge in [-0.2, -0.15) is 0 Å². The zero-order chi connectivity index (χ0) is 9.68. The van der Waals surface area contributed by atoms with Gasteiger partial charge in [0.05, 0.1) is 6.26 Å². The Labute approximate surface area is 77.2 Å². The number of aromatic hydroxyl groups is 1. The van der Waals surface area contributed by atoms with Crippen LogP contribution in [0, 0.1) is 0 Å². The van der Waals surface area contributed by atoms with E-state index in [4.69, 9.17) is 14.6 Å². The van der Waals surface area contributed by atoms with Crippen LogP contribution < -0.4 is 4.74 Å². The Kier molecular flexibility index (Phi) is 3.20. The summed E-state index contributed by atoms with van der Waals surface area (Å²) in [6, 6.07) is 6.43. The van der Waals surface area contributed by atoms with E-state index in [1.165, 1.54) is 6.26 Å². The number of phenolic OH excluding ortho intramolecular Hbond substituents is 1. The van der Waals surface area contributed by atoms with Crippen molar-refractivity contribution in [2.24, 2.45) is 0 Å². The average Bonchev–Trinajstić information content (AvgIpc) is 2.09. The van der Waals surface area contributed by atoms with E-state index < -0.39 is 0 Å². The van der Waals surface area contributed by atoms with Crippen LogP contribution in [0.3, 0.4) is 0 Å². The monoisotopic (exact) mass is 180 g/mol. The second-order valence-electron chi connectivity index (χ2n) is 2.48. The topological polar surface area (TPSA) is 38.7 Å². The Morgan fingerprint density at radius 1 is 1.38 bits per heavy atom. The third-order valence-electron chi connectivity index (χ3n) is 1.43. The third kappa shape index (κ3) is 3.07. The summed E-state index contributed by atoms with van der Waals surface area (Å²) in [4.78, 5) is 0. The Bertz CT molecular complexity index is 266. The van der Waals surface area contributed by atoms with Crippen LogP contribution in [-0.4, -0.2) is 11.4 Å². The van der Waals surface area contributed by atoms with Crippen LogP contribution in [0.4, 0.5) is 0 Å². The molecule has 0 radical (unpaired) electrons. The normalized spacial score (nSPS) is 11.8. The van der Waals surface area contributed by atoms with Gasteiger partial charge in [0.2, 0.25) is 6.29 Å². The first kappa shape index (κ1) is 9.45. The van der Waals surface area contributed by atoms with Crippen LogP contribution in [0.1, 0.15) is 6.92 Å². The Hall–Kier alpha value is -1.64. The summed E-state index contributed by atoms with van der Waals surface area (Å²) < 4.78 is 10.3. The Morgan fingerprint density at radius 3 is 2.54 bits per heavy atom. The van der Waals surface area contributed by atoms with Gasteiger partial charge in [0.15, 0.2) is 0 Å². The lowest BCUT2D eigenvalue weighted by Gasteiger charge is -2.13. The average molecular weight is 180 g/mol. The standard InChI is InChI=1S/C10H12O3/c1-3-12-8(2)13-10-6-4-9(11)5-7-10/h3-8,11H,1H2,2H3. The van der Waals surface area contributed by atoms with E-state index in [1.807, 2.05) is 0 Å². The molecular weight excluding hydrogens is 168 g/mol. The number of rotatable bonds is 4. The molecule has 0 saturated heterocycles. The lowest BCUT2D eigenvalue weighted by Crippen LogP contribution is -2.12. The van der Waals surface area contributed by atoms with Crippen molar-refractivity contribution < 1.29 is 14.6 Å². The van der Waals surface area contributed by atoms with Crippen LogP contribution in [0.25, 0.3) is 0 Å². The van der Waals surface area contributed by atoms with Crippen molar-refractivity contribution in [3.8, 4) is 11.5 Å². The highest BCUT2D eigenvalue weighted by Gasteiger charge is 2.01. The van der Waals surface area contributed by atoms with Gasteiger partial charge in [-0.3, -0.25) is 0 Å². The summed E-state index contributed by atoms with van der Waals surface area (Å²) in [5.41, 5.74) is 0. The van der Waals surface area contributed by atoms with Crippen molar-refractivity contribution in [3.05, 3.63) is 37.1 Å². The fourth-order valence-corrected chi connectivity index (χ4v) is 0.880. The van der Waals surface area contributed by atoms with Crippen molar-refractivity contribution >= 4 is 0 Å². The van der Waals surface area contributed by atoms with E-state index in [0.717, 1.165) is 0 Å². The summed E-state index contributed by atoms with van der Waals surface area (Å²) in [7, 11) is 0. The second-order valence-corrected chi connectivity index (χ2v) is 2.48. The zero-order valence-corrected chi connectivity index (χ0v) is 7.43. The molecule has 70 valence electrons. The Balaban J connectivity index is 2.53. The van der Waals surface area contributed by atoms with Gasteiger partial charge in [-0.25, -0.2) is 0 Å². The van der Waals surface area contributed by atoms with E-state index in [1.54, 1.807) is 31.2 Å². The van der Waals surface area contributed by atoms with E-state index in [2.05, 4.69) is 6.58 Å². The number of phenols is 1. The van der Waals surface area contributed by atoms with Crippen LogP contribution >= 0.6 is 0 Å². The molecule has 0 saturated carbocycles. The molecule has 3 heteroatoms. The molecule has 13 heavy (non-hydrogen) atoms. The molecule has 1 rings (SSSR count). The fraction of sp³-hybridized carbons (Fsp3) is 0.200. The predicted molar refractivity (Wildman–Crippen MR) is 49.5 cm³/mol. The lowest BCUT2D eigenvalue weighted by molar-refractivity contribution is -0.0132. The molecule has 0 spiro atoms. The maximum Gasteiger partial charge on any atom is 0.237 e.